The SMILES string of the molecule is C[Si](C)=C1C(c2cccc3c2C=CC3)=C(C(N)=O)C=CC1Br. The largest absolute Gasteiger partial charge is 0.366 e. The summed E-state index contributed by atoms with van der Waals surface area (Å²) in [6.07, 6.45) is 9.18. The first-order chi connectivity index (χ1) is 10.5. The topological polar surface area (TPSA) is 43.1 Å². The molecule has 22 heavy (non-hydrogen) atoms. The van der Waals surface area contributed by atoms with Gasteiger partial charge >= 0.3 is 0 Å². The molecule has 2 aliphatic carbocycles. The van der Waals surface area contributed by atoms with Gasteiger partial charge in [-0.3, -0.25) is 4.79 Å². The van der Waals surface area contributed by atoms with Crippen LogP contribution in [-0.2, 0) is 11.2 Å². The average molecular weight is 372 g/mol. The number of alkyl halides is 1. The summed E-state index contributed by atoms with van der Waals surface area (Å²) in [5, 5.41) is 1.31. The minimum Gasteiger partial charge on any atom is -0.366 e. The van der Waals surface area contributed by atoms with E-state index in [0.717, 1.165) is 17.6 Å². The zero-order valence-electron chi connectivity index (χ0n) is 12.7. The zero-order chi connectivity index (χ0) is 15.9. The Morgan fingerprint density at radius 3 is 2.77 bits per heavy atom. The lowest BCUT2D eigenvalue weighted by atomic mass is 9.87. The molecule has 1 amide bonds. The number of primary amides is 1. The highest BCUT2D eigenvalue weighted by atomic mass is 79.9. The fourth-order valence-electron chi connectivity index (χ4n) is 3.17. The third-order valence-corrected chi connectivity index (χ3v) is 6.96. The third kappa shape index (κ3) is 2.50. The molecule has 0 bridgehead atoms. The minimum atomic E-state index is -0.733. The lowest BCUT2D eigenvalue weighted by molar-refractivity contribution is -0.114. The molecular formula is C18H18BrNOSi. The molecule has 0 saturated carbocycles. The Morgan fingerprint density at radius 2 is 2.09 bits per heavy atom. The second-order valence-corrected chi connectivity index (χ2v) is 9.34. The summed E-state index contributed by atoms with van der Waals surface area (Å²) in [5.41, 5.74) is 11.0. The highest BCUT2D eigenvalue weighted by molar-refractivity contribution is 9.10. The van der Waals surface area contributed by atoms with E-state index in [0.29, 0.717) is 5.57 Å². The third-order valence-electron chi connectivity index (χ3n) is 4.14. The van der Waals surface area contributed by atoms with Crippen LogP contribution in [-0.4, -0.2) is 24.3 Å². The summed E-state index contributed by atoms with van der Waals surface area (Å²) in [6.45, 7) is 4.51. The molecule has 3 rings (SSSR count). The summed E-state index contributed by atoms with van der Waals surface area (Å²) in [5.74, 6) is -0.356. The van der Waals surface area contributed by atoms with Gasteiger partial charge in [-0.15, -0.1) is 0 Å². The van der Waals surface area contributed by atoms with Crippen molar-refractivity contribution in [2.24, 2.45) is 5.73 Å². The van der Waals surface area contributed by atoms with Gasteiger partial charge in [-0.25, -0.2) is 0 Å². The Hall–Kier alpha value is -1.52. The first kappa shape index (κ1) is 15.4. The van der Waals surface area contributed by atoms with E-state index in [1.165, 1.54) is 16.3 Å². The van der Waals surface area contributed by atoms with Gasteiger partial charge in [0, 0.05) is 14.0 Å². The molecule has 0 spiro atoms. The highest BCUT2D eigenvalue weighted by Gasteiger charge is 2.27. The number of fused-ring (bicyclic) bond motifs is 1. The average Bonchev–Trinajstić information content (AvgIpc) is 2.94. The van der Waals surface area contributed by atoms with Crippen LogP contribution < -0.4 is 5.73 Å². The molecule has 0 heterocycles. The van der Waals surface area contributed by atoms with Crippen molar-refractivity contribution in [1.82, 2.24) is 0 Å². The minimum absolute atomic E-state index is 0.177. The number of carbonyl (C=O) groups is 1. The Bertz CT molecular complexity index is 782. The Kier molecular flexibility index (Phi) is 4.15. The molecule has 0 aromatic heterocycles. The van der Waals surface area contributed by atoms with Crippen LogP contribution in [0.25, 0.3) is 11.6 Å². The van der Waals surface area contributed by atoms with Crippen LogP contribution in [0.3, 0.4) is 0 Å². The van der Waals surface area contributed by atoms with Gasteiger partial charge in [0.15, 0.2) is 0 Å². The highest BCUT2D eigenvalue weighted by Crippen LogP contribution is 2.35. The van der Waals surface area contributed by atoms with Crippen molar-refractivity contribution >= 4 is 47.1 Å². The van der Waals surface area contributed by atoms with Crippen molar-refractivity contribution in [1.29, 1.82) is 0 Å². The van der Waals surface area contributed by atoms with Gasteiger partial charge in [0.2, 0.25) is 5.91 Å². The molecular weight excluding hydrogens is 354 g/mol. The second kappa shape index (κ2) is 5.93. The Balaban J connectivity index is 2.35. The van der Waals surface area contributed by atoms with Crippen LogP contribution in [0.4, 0.5) is 0 Å². The molecule has 2 N–H and O–H groups in total. The van der Waals surface area contributed by atoms with E-state index in [1.54, 1.807) is 0 Å². The number of halogens is 1. The summed E-state index contributed by atoms with van der Waals surface area (Å²) < 4.78 is 0. The van der Waals surface area contributed by atoms with Crippen molar-refractivity contribution in [3.63, 3.8) is 0 Å². The second-order valence-electron chi connectivity index (χ2n) is 5.81. The first-order valence-corrected chi connectivity index (χ1v) is 10.7. The molecule has 2 aliphatic rings. The fraction of sp³-hybridized carbons (Fsp3) is 0.222. The van der Waals surface area contributed by atoms with Gasteiger partial charge in [0.1, 0.15) is 0 Å². The number of carbonyl (C=O) groups excluding carboxylic acids is 1. The molecule has 1 unspecified atom stereocenters. The number of benzene rings is 1. The summed E-state index contributed by atoms with van der Waals surface area (Å²) >= 11 is 3.75. The van der Waals surface area contributed by atoms with Gasteiger partial charge in [-0.2, -0.15) is 0 Å². The molecule has 1 aromatic carbocycles. The maximum atomic E-state index is 12.0. The van der Waals surface area contributed by atoms with Crippen LogP contribution in [0.2, 0.25) is 13.1 Å². The number of rotatable bonds is 2. The molecule has 4 heteroatoms. The molecule has 1 atom stereocenters. The van der Waals surface area contributed by atoms with Crippen LogP contribution in [0.15, 0.2) is 42.0 Å². The van der Waals surface area contributed by atoms with E-state index in [-0.39, 0.29) is 10.7 Å². The molecule has 0 saturated heterocycles. The van der Waals surface area contributed by atoms with Crippen LogP contribution in [0.1, 0.15) is 16.7 Å². The molecule has 0 radical (unpaired) electrons. The van der Waals surface area contributed by atoms with E-state index in [4.69, 9.17) is 5.73 Å². The summed E-state index contributed by atoms with van der Waals surface area (Å²) in [4.78, 5) is 12.2. The number of hydrogen-bond donors (Lipinski definition) is 1. The van der Waals surface area contributed by atoms with Crippen LogP contribution in [0.5, 0.6) is 0 Å². The van der Waals surface area contributed by atoms with Crippen molar-refractivity contribution in [2.75, 3.05) is 0 Å². The monoisotopic (exact) mass is 371 g/mol. The maximum absolute atomic E-state index is 12.0. The Labute approximate surface area is 140 Å². The van der Waals surface area contributed by atoms with E-state index in [2.05, 4.69) is 59.4 Å². The zero-order valence-corrected chi connectivity index (χ0v) is 15.3. The van der Waals surface area contributed by atoms with Gasteiger partial charge in [0.25, 0.3) is 0 Å². The predicted molar refractivity (Wildman–Crippen MR) is 99.6 cm³/mol. The van der Waals surface area contributed by atoms with E-state index >= 15 is 0 Å². The fourth-order valence-corrected chi connectivity index (χ4v) is 6.35. The van der Waals surface area contributed by atoms with Crippen LogP contribution >= 0.6 is 15.9 Å². The Morgan fingerprint density at radius 1 is 1.32 bits per heavy atom. The number of amides is 1. The van der Waals surface area contributed by atoms with Gasteiger partial charge in [0.05, 0.1) is 4.83 Å². The van der Waals surface area contributed by atoms with Crippen molar-refractivity contribution in [3.05, 3.63) is 58.7 Å². The quantitative estimate of drug-likeness (QED) is 0.628. The number of hydrogen-bond acceptors (Lipinski definition) is 1. The molecule has 112 valence electrons. The number of allylic oxidation sites excluding steroid dienone is 3. The molecule has 0 aliphatic heterocycles. The van der Waals surface area contributed by atoms with Crippen molar-refractivity contribution in [3.8, 4) is 0 Å². The summed E-state index contributed by atoms with van der Waals surface area (Å²) in [6, 6.07) is 6.33. The van der Waals surface area contributed by atoms with Crippen LogP contribution in [0, 0.1) is 0 Å². The standard InChI is InChI=1S/C18H18BrNOSi/c1-22(2)17-15(19)10-9-14(18(20)21)16(17)13-8-4-6-11-5-3-7-12(11)13/h3-4,6-10,15H,5H2,1-2H3,(H2,20,21). The van der Waals surface area contributed by atoms with Gasteiger partial charge in [-0.1, -0.05) is 71.5 Å². The van der Waals surface area contributed by atoms with Crippen molar-refractivity contribution in [2.45, 2.75) is 24.3 Å². The normalized spacial score (nSPS) is 19.6. The molecule has 1 aromatic rings. The van der Waals surface area contributed by atoms with Gasteiger partial charge in [-0.05, 0) is 33.9 Å². The lowest BCUT2D eigenvalue weighted by Gasteiger charge is -2.25. The van der Waals surface area contributed by atoms with Gasteiger partial charge < -0.3 is 5.73 Å². The maximum Gasteiger partial charge on any atom is 0.249 e. The lowest BCUT2D eigenvalue weighted by Crippen LogP contribution is -2.29. The van der Waals surface area contributed by atoms with E-state index in [9.17, 15) is 4.79 Å². The first-order valence-electron chi connectivity index (χ1n) is 7.33. The van der Waals surface area contributed by atoms with E-state index in [1.807, 2.05) is 12.2 Å². The molecule has 0 fully saturated rings. The summed E-state index contributed by atoms with van der Waals surface area (Å²) in [7, 11) is -0.733. The smallest absolute Gasteiger partial charge is 0.249 e. The molecule has 2 nitrogen and oxygen atoms in total. The number of nitrogens with two attached hydrogens (primary N) is 1. The van der Waals surface area contributed by atoms with E-state index < -0.39 is 8.41 Å². The van der Waals surface area contributed by atoms with Crippen molar-refractivity contribution < 1.29 is 4.79 Å². The predicted octanol–water partition coefficient (Wildman–Crippen LogP) is 3.34.